The van der Waals surface area contributed by atoms with Crippen LogP contribution < -0.4 is 10.1 Å². The molecule has 2 fully saturated rings. The number of hydrogen-bond acceptors (Lipinski definition) is 4. The van der Waals surface area contributed by atoms with E-state index >= 15 is 0 Å². The van der Waals surface area contributed by atoms with Gasteiger partial charge in [-0.2, -0.15) is 4.31 Å². The Morgan fingerprint density at radius 2 is 1.85 bits per heavy atom. The number of hydrogen-bond donors (Lipinski definition) is 1. The van der Waals surface area contributed by atoms with Crippen LogP contribution in [0.25, 0.3) is 0 Å². The molecule has 144 valence electrons. The molecule has 3 rings (SSSR count). The number of sulfonamides is 1. The van der Waals surface area contributed by atoms with Gasteiger partial charge in [-0.25, -0.2) is 8.42 Å². The number of amides is 1. The van der Waals surface area contributed by atoms with Crippen molar-refractivity contribution in [2.45, 2.75) is 41.3 Å². The van der Waals surface area contributed by atoms with Crippen molar-refractivity contribution in [1.82, 2.24) is 4.31 Å². The van der Waals surface area contributed by atoms with Crippen LogP contribution in [0.5, 0.6) is 5.75 Å². The smallest absolute Gasteiger partial charge is 0.243 e. The zero-order valence-corrected chi connectivity index (χ0v) is 16.8. The van der Waals surface area contributed by atoms with E-state index < -0.39 is 20.3 Å². The normalized spacial score (nSPS) is 23.1. The Morgan fingerprint density at radius 1 is 1.23 bits per heavy atom. The fourth-order valence-electron chi connectivity index (χ4n) is 3.09. The van der Waals surface area contributed by atoms with Crippen LogP contribution >= 0.6 is 23.2 Å². The van der Waals surface area contributed by atoms with Gasteiger partial charge in [0, 0.05) is 13.1 Å². The Bertz CT molecular complexity index is 790. The molecule has 1 amide bonds. The van der Waals surface area contributed by atoms with Crippen LogP contribution in [0.4, 0.5) is 5.69 Å². The standard InChI is InChI=1S/C17H22Cl2N2O4S/c1-25-15-7-6-12(26(23,24)21-8-4-2-3-5-9-21)10-14(15)20-16(22)13-11-17(13,18)19/h6-7,10,13H,2-5,8-9,11H2,1H3,(H,20,22)/t13-/m0/s1. The number of carbonyl (C=O) groups excluding carboxylic acids is 1. The molecule has 26 heavy (non-hydrogen) atoms. The van der Waals surface area contributed by atoms with E-state index in [1.165, 1.54) is 23.5 Å². The van der Waals surface area contributed by atoms with Crippen molar-refractivity contribution >= 4 is 44.8 Å². The van der Waals surface area contributed by atoms with Gasteiger partial charge in [0.1, 0.15) is 10.1 Å². The minimum absolute atomic E-state index is 0.134. The first-order chi connectivity index (χ1) is 12.3. The van der Waals surface area contributed by atoms with Crippen molar-refractivity contribution in [3.8, 4) is 5.75 Å². The predicted octanol–water partition coefficient (Wildman–Crippen LogP) is 3.39. The quantitative estimate of drug-likeness (QED) is 0.740. The SMILES string of the molecule is COc1ccc(S(=O)(=O)N2CCCCCC2)cc1NC(=O)[C@@H]1CC1(Cl)Cl. The van der Waals surface area contributed by atoms with Gasteiger partial charge in [-0.05, 0) is 37.5 Å². The van der Waals surface area contributed by atoms with Gasteiger partial charge in [-0.1, -0.05) is 12.8 Å². The topological polar surface area (TPSA) is 75.7 Å². The maximum Gasteiger partial charge on any atom is 0.243 e. The van der Waals surface area contributed by atoms with E-state index in [1.807, 2.05) is 0 Å². The van der Waals surface area contributed by atoms with E-state index in [0.717, 1.165) is 25.7 Å². The van der Waals surface area contributed by atoms with E-state index in [9.17, 15) is 13.2 Å². The van der Waals surface area contributed by atoms with Crippen LogP contribution in [0.2, 0.25) is 0 Å². The lowest BCUT2D eigenvalue weighted by Crippen LogP contribution is -2.32. The number of nitrogens with one attached hydrogen (secondary N) is 1. The van der Waals surface area contributed by atoms with Crippen LogP contribution in [0.15, 0.2) is 23.1 Å². The second-order valence-electron chi connectivity index (χ2n) is 6.69. The Balaban J connectivity index is 1.85. The van der Waals surface area contributed by atoms with Crippen molar-refractivity contribution in [2.75, 3.05) is 25.5 Å². The monoisotopic (exact) mass is 420 g/mol. The van der Waals surface area contributed by atoms with Crippen molar-refractivity contribution in [2.24, 2.45) is 5.92 Å². The highest BCUT2D eigenvalue weighted by Gasteiger charge is 2.56. The summed E-state index contributed by atoms with van der Waals surface area (Å²) in [5, 5.41) is 2.69. The highest BCUT2D eigenvalue weighted by atomic mass is 35.5. The molecule has 0 aromatic heterocycles. The largest absolute Gasteiger partial charge is 0.495 e. The summed E-state index contributed by atoms with van der Waals surface area (Å²) in [5.41, 5.74) is 0.296. The molecule has 1 aromatic rings. The Morgan fingerprint density at radius 3 is 2.38 bits per heavy atom. The maximum absolute atomic E-state index is 13.0. The third-order valence-electron chi connectivity index (χ3n) is 4.77. The van der Waals surface area contributed by atoms with E-state index in [2.05, 4.69) is 5.32 Å². The molecule has 6 nitrogen and oxygen atoms in total. The molecule has 1 atom stereocenters. The Hall–Kier alpha value is -1.02. The van der Waals surface area contributed by atoms with Crippen molar-refractivity contribution in [3.05, 3.63) is 18.2 Å². The molecule has 1 N–H and O–H groups in total. The van der Waals surface area contributed by atoms with Crippen LogP contribution in [0, 0.1) is 5.92 Å². The molecule has 0 radical (unpaired) electrons. The van der Waals surface area contributed by atoms with Crippen molar-refractivity contribution in [1.29, 1.82) is 0 Å². The lowest BCUT2D eigenvalue weighted by Gasteiger charge is -2.21. The van der Waals surface area contributed by atoms with E-state index in [1.54, 1.807) is 6.07 Å². The Kier molecular flexibility index (Phi) is 5.72. The first kappa shape index (κ1) is 19.7. The second-order valence-corrected chi connectivity index (χ2v) is 10.2. The minimum Gasteiger partial charge on any atom is -0.495 e. The molecule has 1 aliphatic heterocycles. The molecule has 0 bridgehead atoms. The van der Waals surface area contributed by atoms with Gasteiger partial charge in [-0.15, -0.1) is 23.2 Å². The predicted molar refractivity (Wildman–Crippen MR) is 101 cm³/mol. The van der Waals surface area contributed by atoms with Gasteiger partial charge in [0.15, 0.2) is 0 Å². The van der Waals surface area contributed by atoms with Crippen LogP contribution in [0.1, 0.15) is 32.1 Å². The fraction of sp³-hybridized carbons (Fsp3) is 0.588. The summed E-state index contributed by atoms with van der Waals surface area (Å²) in [4.78, 5) is 12.4. The summed E-state index contributed by atoms with van der Waals surface area (Å²) < 4.78 is 31.6. The van der Waals surface area contributed by atoms with Crippen LogP contribution in [0.3, 0.4) is 0 Å². The number of anilines is 1. The van der Waals surface area contributed by atoms with Gasteiger partial charge in [0.25, 0.3) is 0 Å². The number of benzene rings is 1. The zero-order valence-electron chi connectivity index (χ0n) is 14.5. The van der Waals surface area contributed by atoms with E-state index in [0.29, 0.717) is 30.9 Å². The van der Waals surface area contributed by atoms with Crippen molar-refractivity contribution in [3.63, 3.8) is 0 Å². The summed E-state index contributed by atoms with van der Waals surface area (Å²) in [7, 11) is -2.16. The van der Waals surface area contributed by atoms with E-state index in [-0.39, 0.29) is 10.8 Å². The summed E-state index contributed by atoms with van der Waals surface area (Å²) in [6.45, 7) is 1.03. The Labute approximate surface area is 163 Å². The number of ether oxygens (including phenoxy) is 1. The molecule has 0 unspecified atom stereocenters. The molecule has 1 aromatic carbocycles. The van der Waals surface area contributed by atoms with Gasteiger partial charge in [-0.3, -0.25) is 4.79 Å². The third-order valence-corrected chi connectivity index (χ3v) is 7.50. The van der Waals surface area contributed by atoms with Gasteiger partial charge in [0.2, 0.25) is 15.9 Å². The maximum atomic E-state index is 13.0. The number of carbonyl (C=O) groups is 1. The second kappa shape index (κ2) is 7.54. The van der Waals surface area contributed by atoms with Gasteiger partial charge < -0.3 is 10.1 Å². The number of alkyl halides is 2. The summed E-state index contributed by atoms with van der Waals surface area (Å²) in [6, 6.07) is 4.48. The summed E-state index contributed by atoms with van der Waals surface area (Å²) in [5.74, 6) is -0.484. The molecular weight excluding hydrogens is 399 g/mol. The number of rotatable bonds is 5. The first-order valence-electron chi connectivity index (χ1n) is 8.62. The van der Waals surface area contributed by atoms with Crippen LogP contribution in [-0.4, -0.2) is 43.2 Å². The summed E-state index contributed by atoms with van der Waals surface area (Å²) in [6.07, 6.45) is 4.16. The molecule has 1 saturated heterocycles. The number of methoxy groups -OCH3 is 1. The summed E-state index contributed by atoms with van der Waals surface area (Å²) >= 11 is 11.9. The van der Waals surface area contributed by atoms with Gasteiger partial charge >= 0.3 is 0 Å². The zero-order chi connectivity index (χ0) is 18.9. The highest BCUT2D eigenvalue weighted by molar-refractivity contribution is 7.89. The lowest BCUT2D eigenvalue weighted by molar-refractivity contribution is -0.117. The number of halogens is 2. The van der Waals surface area contributed by atoms with E-state index in [4.69, 9.17) is 27.9 Å². The average Bonchev–Trinajstić information content (AvgIpc) is 3.31. The fourth-order valence-corrected chi connectivity index (χ4v) is 5.14. The molecule has 0 spiro atoms. The van der Waals surface area contributed by atoms with Gasteiger partial charge in [0.05, 0.1) is 23.6 Å². The molecule has 2 aliphatic rings. The first-order valence-corrected chi connectivity index (χ1v) is 10.8. The molecule has 1 heterocycles. The van der Waals surface area contributed by atoms with Crippen molar-refractivity contribution < 1.29 is 17.9 Å². The molecule has 1 saturated carbocycles. The van der Waals surface area contributed by atoms with Crippen LogP contribution in [-0.2, 0) is 14.8 Å². The highest BCUT2D eigenvalue weighted by Crippen LogP contribution is 2.53. The lowest BCUT2D eigenvalue weighted by atomic mass is 10.2. The molecule has 1 aliphatic carbocycles. The molecule has 9 heteroatoms. The minimum atomic E-state index is -3.62. The third kappa shape index (κ3) is 4.11. The number of nitrogens with zero attached hydrogens (tertiary/aromatic N) is 1. The average molecular weight is 421 g/mol. The molecular formula is C17H22Cl2N2O4S.